The second-order valence-corrected chi connectivity index (χ2v) is 3.84. The van der Waals surface area contributed by atoms with Gasteiger partial charge >= 0.3 is 11.6 Å². The van der Waals surface area contributed by atoms with Crippen LogP contribution in [0.25, 0.3) is 11.0 Å². The van der Waals surface area contributed by atoms with E-state index in [9.17, 15) is 9.59 Å². The van der Waals surface area contributed by atoms with E-state index in [0.29, 0.717) is 17.7 Å². The third-order valence-electron chi connectivity index (χ3n) is 2.78. The fraction of sp³-hybridized carbons (Fsp3) is 0.167. The highest BCUT2D eigenvalue weighted by Crippen LogP contribution is 2.31. The van der Waals surface area contributed by atoms with E-state index in [-0.39, 0.29) is 11.1 Å². The van der Waals surface area contributed by atoms with Crippen molar-refractivity contribution in [2.45, 2.75) is 6.42 Å². The van der Waals surface area contributed by atoms with Gasteiger partial charge in [-0.1, -0.05) is 0 Å². The van der Waals surface area contributed by atoms with Crippen molar-refractivity contribution in [3.8, 4) is 5.75 Å². The van der Waals surface area contributed by atoms with E-state index in [1.807, 2.05) is 0 Å². The summed E-state index contributed by atoms with van der Waals surface area (Å²) in [7, 11) is 0. The van der Waals surface area contributed by atoms with Crippen LogP contribution in [0.5, 0.6) is 5.75 Å². The van der Waals surface area contributed by atoms with Crippen LogP contribution in [0.1, 0.15) is 15.9 Å². The van der Waals surface area contributed by atoms with Crippen molar-refractivity contribution in [2.75, 3.05) is 6.61 Å². The molecule has 5 nitrogen and oxygen atoms in total. The maximum Gasteiger partial charge on any atom is 0.337 e. The number of aromatic carboxylic acids is 1. The van der Waals surface area contributed by atoms with Crippen molar-refractivity contribution in [1.82, 2.24) is 0 Å². The van der Waals surface area contributed by atoms with E-state index in [1.54, 1.807) is 12.1 Å². The van der Waals surface area contributed by atoms with E-state index < -0.39 is 11.6 Å². The van der Waals surface area contributed by atoms with Gasteiger partial charge in [-0.2, -0.15) is 0 Å². The van der Waals surface area contributed by atoms with Crippen LogP contribution in [-0.4, -0.2) is 17.7 Å². The minimum atomic E-state index is -1.14. The van der Waals surface area contributed by atoms with Crippen LogP contribution < -0.4 is 10.4 Å². The first-order chi connectivity index (χ1) is 8.15. The van der Waals surface area contributed by atoms with Gasteiger partial charge in [0.1, 0.15) is 11.3 Å². The Bertz CT molecular complexity index is 683. The van der Waals surface area contributed by atoms with Crippen LogP contribution in [0.2, 0.25) is 0 Å². The maximum absolute atomic E-state index is 11.2. The quantitative estimate of drug-likeness (QED) is 0.752. The Hall–Kier alpha value is -2.30. The van der Waals surface area contributed by atoms with Crippen LogP contribution in [0.3, 0.4) is 0 Å². The minimum Gasteiger partial charge on any atom is -0.493 e. The Morgan fingerprint density at radius 3 is 2.88 bits per heavy atom. The molecular formula is C12H8O5. The summed E-state index contributed by atoms with van der Waals surface area (Å²) in [4.78, 5) is 22.3. The van der Waals surface area contributed by atoms with E-state index in [4.69, 9.17) is 14.3 Å². The number of fused-ring (bicyclic) bond motifs is 2. The first-order valence-electron chi connectivity index (χ1n) is 5.12. The van der Waals surface area contributed by atoms with E-state index in [2.05, 4.69) is 0 Å². The zero-order valence-corrected chi connectivity index (χ0v) is 8.73. The molecule has 2 aromatic rings. The summed E-state index contributed by atoms with van der Waals surface area (Å²) < 4.78 is 10.3. The first-order valence-corrected chi connectivity index (χ1v) is 5.12. The molecule has 1 aromatic heterocycles. The Morgan fingerprint density at radius 1 is 1.29 bits per heavy atom. The molecule has 2 heterocycles. The van der Waals surface area contributed by atoms with Crippen LogP contribution in [0.4, 0.5) is 0 Å². The monoisotopic (exact) mass is 232 g/mol. The number of ether oxygens (including phenoxy) is 1. The fourth-order valence-electron chi connectivity index (χ4n) is 2.01. The molecule has 0 amide bonds. The Labute approximate surface area is 95.2 Å². The molecule has 5 heteroatoms. The minimum absolute atomic E-state index is 0.0362. The van der Waals surface area contributed by atoms with Crippen LogP contribution >= 0.6 is 0 Å². The predicted octanol–water partition coefficient (Wildman–Crippen LogP) is 1.43. The molecule has 0 fully saturated rings. The molecule has 0 radical (unpaired) electrons. The summed E-state index contributed by atoms with van der Waals surface area (Å²) in [6.07, 6.45) is 0.740. The standard InChI is InChI=1S/C12H8O5/c13-11-4-8(12(14)15)7-3-6-1-2-16-9(6)5-10(7)17-11/h3-5H,1-2H2,(H,14,15). The molecule has 0 saturated heterocycles. The molecule has 0 saturated carbocycles. The molecule has 0 aliphatic carbocycles. The third kappa shape index (κ3) is 1.47. The number of carbonyl (C=O) groups is 1. The first kappa shape index (κ1) is 9.89. The van der Waals surface area contributed by atoms with Gasteiger partial charge in [-0.05, 0) is 11.6 Å². The second-order valence-electron chi connectivity index (χ2n) is 3.84. The highest BCUT2D eigenvalue weighted by atomic mass is 16.5. The molecule has 0 atom stereocenters. The normalized spacial score (nSPS) is 13.4. The number of carboxylic acid groups (broad SMARTS) is 1. The largest absolute Gasteiger partial charge is 0.493 e. The Balaban J connectivity index is 2.42. The lowest BCUT2D eigenvalue weighted by molar-refractivity contribution is 0.0698. The average Bonchev–Trinajstić information content (AvgIpc) is 2.71. The van der Waals surface area contributed by atoms with Gasteiger partial charge in [0.15, 0.2) is 0 Å². The van der Waals surface area contributed by atoms with Gasteiger partial charge in [0, 0.05) is 23.9 Å². The number of carboxylic acids is 1. The topological polar surface area (TPSA) is 76.7 Å². The molecule has 86 valence electrons. The van der Waals surface area contributed by atoms with Crippen LogP contribution in [0, 0.1) is 0 Å². The van der Waals surface area contributed by atoms with Crippen molar-refractivity contribution in [1.29, 1.82) is 0 Å². The number of benzene rings is 1. The summed E-state index contributed by atoms with van der Waals surface area (Å²) in [5.74, 6) is -0.482. The van der Waals surface area contributed by atoms with Crippen LogP contribution in [-0.2, 0) is 6.42 Å². The van der Waals surface area contributed by atoms with E-state index >= 15 is 0 Å². The zero-order valence-electron chi connectivity index (χ0n) is 8.73. The maximum atomic E-state index is 11.2. The lowest BCUT2D eigenvalue weighted by Gasteiger charge is -2.03. The van der Waals surface area contributed by atoms with E-state index in [0.717, 1.165) is 18.1 Å². The number of hydrogen-bond acceptors (Lipinski definition) is 4. The summed E-state index contributed by atoms with van der Waals surface area (Å²) in [6, 6.07) is 4.28. The molecule has 17 heavy (non-hydrogen) atoms. The van der Waals surface area contributed by atoms with Gasteiger partial charge in [-0.25, -0.2) is 9.59 Å². The average molecular weight is 232 g/mol. The molecule has 0 spiro atoms. The molecule has 0 bridgehead atoms. The number of rotatable bonds is 1. The van der Waals surface area contributed by atoms with Gasteiger partial charge < -0.3 is 14.3 Å². The summed E-state index contributed by atoms with van der Waals surface area (Å²) in [5.41, 5.74) is 0.475. The molecule has 1 N–H and O–H groups in total. The Kier molecular flexibility index (Phi) is 1.95. The summed E-state index contributed by atoms with van der Waals surface area (Å²) in [6.45, 7) is 0.568. The molecule has 1 aliphatic heterocycles. The summed E-state index contributed by atoms with van der Waals surface area (Å²) in [5, 5.41) is 9.48. The van der Waals surface area contributed by atoms with Gasteiger partial charge in [0.2, 0.25) is 0 Å². The van der Waals surface area contributed by atoms with Crippen molar-refractivity contribution in [3.63, 3.8) is 0 Å². The van der Waals surface area contributed by atoms with Gasteiger partial charge in [0.05, 0.1) is 12.2 Å². The van der Waals surface area contributed by atoms with Gasteiger partial charge in [0.25, 0.3) is 0 Å². The fourth-order valence-corrected chi connectivity index (χ4v) is 2.01. The lowest BCUT2D eigenvalue weighted by Crippen LogP contribution is -2.05. The van der Waals surface area contributed by atoms with Crippen molar-refractivity contribution < 1.29 is 19.1 Å². The summed E-state index contributed by atoms with van der Waals surface area (Å²) >= 11 is 0. The molecule has 3 rings (SSSR count). The third-order valence-corrected chi connectivity index (χ3v) is 2.78. The van der Waals surface area contributed by atoms with Crippen molar-refractivity contribution in [2.24, 2.45) is 0 Å². The molecule has 1 aromatic carbocycles. The highest BCUT2D eigenvalue weighted by molar-refractivity contribution is 6.02. The molecule has 1 aliphatic rings. The smallest absolute Gasteiger partial charge is 0.337 e. The van der Waals surface area contributed by atoms with Gasteiger partial charge in [-0.15, -0.1) is 0 Å². The zero-order chi connectivity index (χ0) is 12.0. The van der Waals surface area contributed by atoms with Gasteiger partial charge in [-0.3, -0.25) is 0 Å². The lowest BCUT2D eigenvalue weighted by atomic mass is 10.1. The molecular weight excluding hydrogens is 224 g/mol. The van der Waals surface area contributed by atoms with Crippen molar-refractivity contribution in [3.05, 3.63) is 39.7 Å². The highest BCUT2D eigenvalue weighted by Gasteiger charge is 2.18. The Morgan fingerprint density at radius 2 is 2.12 bits per heavy atom. The predicted molar refractivity (Wildman–Crippen MR) is 58.6 cm³/mol. The second kappa shape index (κ2) is 3.35. The molecule has 0 unspecified atom stereocenters. The number of hydrogen-bond donors (Lipinski definition) is 1. The SMILES string of the molecule is O=C(O)c1cc(=O)oc2cc3c(cc12)CCO3. The van der Waals surface area contributed by atoms with Crippen LogP contribution in [0.15, 0.2) is 27.4 Å². The van der Waals surface area contributed by atoms with E-state index in [1.165, 1.54) is 0 Å². The van der Waals surface area contributed by atoms with Crippen molar-refractivity contribution >= 4 is 16.9 Å².